The number of furan rings is 1. The summed E-state index contributed by atoms with van der Waals surface area (Å²) in [7, 11) is 0. The van der Waals surface area contributed by atoms with E-state index in [9.17, 15) is 4.79 Å². The van der Waals surface area contributed by atoms with Crippen LogP contribution in [-0.4, -0.2) is 17.9 Å². The van der Waals surface area contributed by atoms with Gasteiger partial charge in [0.05, 0.1) is 18.6 Å². The Labute approximate surface area is 150 Å². The molecule has 0 atom stereocenters. The highest BCUT2D eigenvalue weighted by atomic mass is 16.5. The van der Waals surface area contributed by atoms with Gasteiger partial charge in [0, 0.05) is 22.9 Å². The number of fused-ring (bicyclic) bond motifs is 1. The average Bonchev–Trinajstić information content (AvgIpc) is 3.30. The summed E-state index contributed by atoms with van der Waals surface area (Å²) in [5.41, 5.74) is 2.98. The van der Waals surface area contributed by atoms with Crippen molar-refractivity contribution >= 4 is 17.3 Å². The summed E-state index contributed by atoms with van der Waals surface area (Å²) in [6.07, 6.45) is 2.98. The number of rotatable bonds is 6. The van der Waals surface area contributed by atoms with E-state index in [0.29, 0.717) is 35.8 Å². The minimum absolute atomic E-state index is 0.428. The van der Waals surface area contributed by atoms with Crippen molar-refractivity contribution in [1.29, 1.82) is 0 Å². The van der Waals surface area contributed by atoms with Crippen LogP contribution in [0.4, 0.5) is 0 Å². The second-order valence-electron chi connectivity index (χ2n) is 5.92. The third-order valence-corrected chi connectivity index (χ3v) is 4.25. The minimum atomic E-state index is 0.428. The molecule has 0 amide bonds. The fourth-order valence-electron chi connectivity index (χ4n) is 2.90. The van der Waals surface area contributed by atoms with Crippen molar-refractivity contribution in [2.75, 3.05) is 6.61 Å². The largest absolute Gasteiger partial charge is 0.489 e. The molecule has 2 heterocycles. The Hall–Kier alpha value is -3.34. The zero-order valence-electron chi connectivity index (χ0n) is 14.3. The van der Waals surface area contributed by atoms with E-state index >= 15 is 0 Å². The van der Waals surface area contributed by atoms with Crippen molar-refractivity contribution in [2.45, 2.75) is 13.3 Å². The summed E-state index contributed by atoms with van der Waals surface area (Å²) in [6.45, 7) is 2.33. The molecule has 0 saturated heterocycles. The number of nitrogens with zero attached hydrogens (tertiary/aromatic N) is 1. The van der Waals surface area contributed by atoms with Gasteiger partial charge >= 0.3 is 0 Å². The smallest absolute Gasteiger partial charge is 0.226 e. The molecule has 0 unspecified atom stereocenters. The Kier molecular flexibility index (Phi) is 4.27. The number of carbonyl (C=O) groups is 1. The molecule has 0 bridgehead atoms. The normalized spacial score (nSPS) is 11.0. The topological polar surface area (TPSA) is 65.5 Å². The first-order valence-corrected chi connectivity index (χ1v) is 8.36. The van der Waals surface area contributed by atoms with Crippen LogP contribution in [0.2, 0.25) is 0 Å². The monoisotopic (exact) mass is 347 g/mol. The van der Waals surface area contributed by atoms with E-state index in [2.05, 4.69) is 4.98 Å². The highest BCUT2D eigenvalue weighted by molar-refractivity contribution is 5.98. The van der Waals surface area contributed by atoms with Crippen molar-refractivity contribution in [3.63, 3.8) is 0 Å². The van der Waals surface area contributed by atoms with E-state index in [0.717, 1.165) is 28.7 Å². The molecule has 2 aromatic carbocycles. The van der Waals surface area contributed by atoms with Crippen molar-refractivity contribution in [2.24, 2.45) is 0 Å². The Balaban J connectivity index is 1.48. The molecule has 0 aliphatic rings. The van der Waals surface area contributed by atoms with Gasteiger partial charge in [-0.1, -0.05) is 18.2 Å². The summed E-state index contributed by atoms with van der Waals surface area (Å²) in [4.78, 5) is 15.7. The van der Waals surface area contributed by atoms with Crippen LogP contribution in [0.1, 0.15) is 21.8 Å². The zero-order chi connectivity index (χ0) is 17.9. The molecular formula is C21H17NO4. The second-order valence-corrected chi connectivity index (χ2v) is 5.92. The van der Waals surface area contributed by atoms with Gasteiger partial charge in [-0.05, 0) is 37.3 Å². The van der Waals surface area contributed by atoms with Crippen LogP contribution < -0.4 is 4.74 Å². The molecule has 0 fully saturated rings. The van der Waals surface area contributed by atoms with Crippen LogP contribution in [0.25, 0.3) is 22.4 Å². The molecule has 130 valence electrons. The lowest BCUT2D eigenvalue weighted by molar-refractivity contribution is 0.112. The fourth-order valence-corrected chi connectivity index (χ4v) is 2.90. The Morgan fingerprint density at radius 3 is 2.77 bits per heavy atom. The number of hydrogen-bond acceptors (Lipinski definition) is 5. The number of oxazole rings is 1. The molecule has 0 N–H and O–H groups in total. The molecule has 0 spiro atoms. The van der Waals surface area contributed by atoms with E-state index in [4.69, 9.17) is 13.6 Å². The first-order valence-electron chi connectivity index (χ1n) is 8.36. The van der Waals surface area contributed by atoms with Gasteiger partial charge in [0.15, 0.2) is 17.6 Å². The molecule has 0 aliphatic carbocycles. The lowest BCUT2D eigenvalue weighted by Gasteiger charge is -2.06. The van der Waals surface area contributed by atoms with Gasteiger partial charge in [-0.25, -0.2) is 4.98 Å². The van der Waals surface area contributed by atoms with E-state index in [1.807, 2.05) is 37.3 Å². The van der Waals surface area contributed by atoms with Crippen molar-refractivity contribution in [3.8, 4) is 17.2 Å². The third kappa shape index (κ3) is 2.99. The average molecular weight is 347 g/mol. The predicted molar refractivity (Wildman–Crippen MR) is 97.5 cm³/mol. The van der Waals surface area contributed by atoms with Gasteiger partial charge in [-0.2, -0.15) is 0 Å². The molecule has 5 nitrogen and oxygen atoms in total. The maximum atomic E-state index is 11.1. The third-order valence-electron chi connectivity index (χ3n) is 4.25. The number of ether oxygens (including phenoxy) is 1. The summed E-state index contributed by atoms with van der Waals surface area (Å²) < 4.78 is 17.1. The van der Waals surface area contributed by atoms with E-state index < -0.39 is 0 Å². The van der Waals surface area contributed by atoms with Crippen LogP contribution in [-0.2, 0) is 6.42 Å². The maximum absolute atomic E-state index is 11.1. The second kappa shape index (κ2) is 6.88. The molecule has 4 rings (SSSR count). The SMILES string of the molecule is Cc1oc(-c2ccccc2)nc1CCOc1ccc(C=O)c2ccoc12. The van der Waals surface area contributed by atoms with Gasteiger partial charge in [0.1, 0.15) is 5.76 Å². The first kappa shape index (κ1) is 16.1. The van der Waals surface area contributed by atoms with Gasteiger partial charge in [0.25, 0.3) is 0 Å². The Morgan fingerprint density at radius 1 is 1.12 bits per heavy atom. The van der Waals surface area contributed by atoms with Crippen LogP contribution in [0.5, 0.6) is 5.75 Å². The van der Waals surface area contributed by atoms with E-state index in [1.165, 1.54) is 0 Å². The lowest BCUT2D eigenvalue weighted by Crippen LogP contribution is -2.03. The quantitative estimate of drug-likeness (QED) is 0.467. The highest BCUT2D eigenvalue weighted by Crippen LogP contribution is 2.29. The molecular weight excluding hydrogens is 330 g/mol. The Morgan fingerprint density at radius 2 is 1.96 bits per heavy atom. The molecule has 5 heteroatoms. The van der Waals surface area contributed by atoms with Crippen LogP contribution in [0.15, 0.2) is 63.6 Å². The molecule has 4 aromatic rings. The molecule has 26 heavy (non-hydrogen) atoms. The van der Waals surface area contributed by atoms with Crippen LogP contribution >= 0.6 is 0 Å². The molecule has 2 aromatic heterocycles. The number of aldehydes is 1. The van der Waals surface area contributed by atoms with E-state index in [1.54, 1.807) is 24.5 Å². The maximum Gasteiger partial charge on any atom is 0.226 e. The first-order chi connectivity index (χ1) is 12.8. The summed E-state index contributed by atoms with van der Waals surface area (Å²) in [5.74, 6) is 2.01. The fraction of sp³-hybridized carbons (Fsp3) is 0.143. The number of aryl methyl sites for hydroxylation is 1. The van der Waals surface area contributed by atoms with Crippen LogP contribution in [0, 0.1) is 6.92 Å². The standard InChI is InChI=1S/C21H17NO4/c1-14-18(22-21(26-14)15-5-3-2-4-6-15)10-12-24-19-8-7-16(13-23)17-9-11-25-20(17)19/h2-9,11,13H,10,12H2,1H3. The Bertz CT molecular complexity index is 1050. The molecule has 0 aliphatic heterocycles. The van der Waals surface area contributed by atoms with Gasteiger partial charge in [-0.3, -0.25) is 4.79 Å². The van der Waals surface area contributed by atoms with Gasteiger partial charge in [0.2, 0.25) is 5.89 Å². The number of benzene rings is 2. The summed E-state index contributed by atoms with van der Waals surface area (Å²) in [5, 5.41) is 0.751. The number of carbonyl (C=O) groups excluding carboxylic acids is 1. The summed E-state index contributed by atoms with van der Waals surface area (Å²) in [6, 6.07) is 15.0. The van der Waals surface area contributed by atoms with Gasteiger partial charge in [-0.15, -0.1) is 0 Å². The molecule has 0 radical (unpaired) electrons. The minimum Gasteiger partial charge on any atom is -0.489 e. The highest BCUT2D eigenvalue weighted by Gasteiger charge is 2.13. The lowest BCUT2D eigenvalue weighted by atomic mass is 10.1. The molecule has 0 saturated carbocycles. The van der Waals surface area contributed by atoms with Crippen molar-refractivity contribution in [3.05, 3.63) is 71.8 Å². The number of hydrogen-bond donors (Lipinski definition) is 0. The van der Waals surface area contributed by atoms with Crippen molar-refractivity contribution in [1.82, 2.24) is 4.98 Å². The predicted octanol–water partition coefficient (Wildman–Crippen LogP) is 4.83. The van der Waals surface area contributed by atoms with E-state index in [-0.39, 0.29) is 0 Å². The van der Waals surface area contributed by atoms with Crippen LogP contribution in [0.3, 0.4) is 0 Å². The van der Waals surface area contributed by atoms with Crippen molar-refractivity contribution < 1.29 is 18.4 Å². The summed E-state index contributed by atoms with van der Waals surface area (Å²) >= 11 is 0. The van der Waals surface area contributed by atoms with Gasteiger partial charge < -0.3 is 13.6 Å². The number of aromatic nitrogens is 1. The zero-order valence-corrected chi connectivity index (χ0v) is 14.3.